The number of carbonyl (C=O) groups is 2. The molecule has 3 aliphatic rings. The Balaban J connectivity index is 1.95. The zero-order valence-corrected chi connectivity index (χ0v) is 14.3. The number of aliphatic carboxylic acids is 1. The Bertz CT molecular complexity index is 532. The fourth-order valence-corrected chi connectivity index (χ4v) is 6.04. The number of aliphatic hydroxyl groups is 1. The molecule has 0 bridgehead atoms. The Labute approximate surface area is 137 Å². The van der Waals surface area contributed by atoms with E-state index in [2.05, 4.69) is 6.92 Å². The van der Waals surface area contributed by atoms with E-state index >= 15 is 0 Å². The van der Waals surface area contributed by atoms with E-state index in [1.807, 2.05) is 13.8 Å². The third-order valence-electron chi connectivity index (χ3n) is 7.20. The Morgan fingerprint density at radius 3 is 2.70 bits per heavy atom. The fraction of sp³-hybridized carbons (Fsp3) is 0.889. The molecule has 2 N–H and O–H groups in total. The lowest BCUT2D eigenvalue weighted by atomic mass is 9.44. The molecule has 0 spiro atoms. The van der Waals surface area contributed by atoms with Crippen LogP contribution in [0.1, 0.15) is 65.7 Å². The van der Waals surface area contributed by atoms with Crippen LogP contribution in [0.5, 0.6) is 0 Å². The van der Waals surface area contributed by atoms with Crippen molar-refractivity contribution in [1.29, 1.82) is 0 Å². The first-order valence-corrected chi connectivity index (χ1v) is 8.80. The first-order valence-electron chi connectivity index (χ1n) is 8.80. The van der Waals surface area contributed by atoms with Crippen molar-refractivity contribution in [2.75, 3.05) is 0 Å². The zero-order valence-electron chi connectivity index (χ0n) is 14.3. The second kappa shape index (κ2) is 5.20. The minimum atomic E-state index is -0.931. The van der Waals surface area contributed by atoms with E-state index in [0.29, 0.717) is 19.3 Å². The van der Waals surface area contributed by atoms with Crippen LogP contribution < -0.4 is 0 Å². The highest BCUT2D eigenvalue weighted by Gasteiger charge is 2.70. The fourth-order valence-electron chi connectivity index (χ4n) is 6.04. The van der Waals surface area contributed by atoms with E-state index in [9.17, 15) is 14.7 Å². The number of ether oxygens (including phenoxy) is 1. The summed E-state index contributed by atoms with van der Waals surface area (Å²) in [6.07, 6.45) is 4.18. The van der Waals surface area contributed by atoms with Crippen molar-refractivity contribution < 1.29 is 24.5 Å². The molecule has 1 saturated heterocycles. The van der Waals surface area contributed by atoms with Crippen LogP contribution in [-0.2, 0) is 14.3 Å². The van der Waals surface area contributed by atoms with Gasteiger partial charge < -0.3 is 14.9 Å². The van der Waals surface area contributed by atoms with E-state index in [1.54, 1.807) is 0 Å². The minimum absolute atomic E-state index is 0.00389. The highest BCUT2D eigenvalue weighted by atomic mass is 16.6. The van der Waals surface area contributed by atoms with Crippen LogP contribution in [0.15, 0.2) is 0 Å². The number of esters is 1. The summed E-state index contributed by atoms with van der Waals surface area (Å²) in [4.78, 5) is 23.3. The quantitative estimate of drug-likeness (QED) is 0.777. The molecule has 130 valence electrons. The van der Waals surface area contributed by atoms with Crippen LogP contribution in [0.3, 0.4) is 0 Å². The molecule has 3 fully saturated rings. The van der Waals surface area contributed by atoms with Crippen molar-refractivity contribution in [3.63, 3.8) is 0 Å². The largest absolute Gasteiger partial charge is 0.481 e. The van der Waals surface area contributed by atoms with Crippen molar-refractivity contribution in [3.05, 3.63) is 0 Å². The van der Waals surface area contributed by atoms with Crippen LogP contribution in [0.4, 0.5) is 0 Å². The predicted molar refractivity (Wildman–Crippen MR) is 83.7 cm³/mol. The molecular formula is C18H28O5. The molecule has 0 aromatic rings. The van der Waals surface area contributed by atoms with Gasteiger partial charge in [0.25, 0.3) is 0 Å². The van der Waals surface area contributed by atoms with Crippen LogP contribution in [0.25, 0.3) is 0 Å². The summed E-state index contributed by atoms with van der Waals surface area (Å²) in [5.41, 5.74) is -1.83. The summed E-state index contributed by atoms with van der Waals surface area (Å²) in [6.45, 7) is 6.10. The van der Waals surface area contributed by atoms with E-state index < -0.39 is 22.4 Å². The average molecular weight is 324 g/mol. The van der Waals surface area contributed by atoms with E-state index in [1.165, 1.54) is 0 Å². The lowest BCUT2D eigenvalue weighted by Gasteiger charge is -2.61. The molecule has 1 heterocycles. The van der Waals surface area contributed by atoms with Gasteiger partial charge in [0.05, 0.1) is 11.0 Å². The van der Waals surface area contributed by atoms with Gasteiger partial charge in [-0.15, -0.1) is 0 Å². The van der Waals surface area contributed by atoms with Gasteiger partial charge in [-0.2, -0.15) is 0 Å². The van der Waals surface area contributed by atoms with Gasteiger partial charge in [0.1, 0.15) is 6.10 Å². The van der Waals surface area contributed by atoms with Gasteiger partial charge >= 0.3 is 11.9 Å². The highest BCUT2D eigenvalue weighted by molar-refractivity contribution is 5.80. The molecule has 0 unspecified atom stereocenters. The maximum absolute atomic E-state index is 12.5. The summed E-state index contributed by atoms with van der Waals surface area (Å²) >= 11 is 0. The summed E-state index contributed by atoms with van der Waals surface area (Å²) in [5.74, 6) is -0.911. The Morgan fingerprint density at radius 1 is 1.35 bits per heavy atom. The molecule has 2 saturated carbocycles. The van der Waals surface area contributed by atoms with Gasteiger partial charge in [0, 0.05) is 17.8 Å². The van der Waals surface area contributed by atoms with Gasteiger partial charge in [-0.05, 0) is 44.9 Å². The molecule has 2 aliphatic carbocycles. The number of carboxylic acids is 1. The number of rotatable bonds is 4. The molecule has 23 heavy (non-hydrogen) atoms. The van der Waals surface area contributed by atoms with Gasteiger partial charge in [-0.1, -0.05) is 20.3 Å². The van der Waals surface area contributed by atoms with Gasteiger partial charge in [0.15, 0.2) is 0 Å². The van der Waals surface area contributed by atoms with Crippen LogP contribution in [-0.4, -0.2) is 33.9 Å². The maximum Gasteiger partial charge on any atom is 0.312 e. The molecule has 5 nitrogen and oxygen atoms in total. The summed E-state index contributed by atoms with van der Waals surface area (Å²) < 4.78 is 5.71. The second-order valence-electron chi connectivity index (χ2n) is 8.42. The van der Waals surface area contributed by atoms with Crippen molar-refractivity contribution in [1.82, 2.24) is 0 Å². The number of hydrogen-bond donors (Lipinski definition) is 2. The lowest BCUT2D eigenvalue weighted by molar-refractivity contribution is -0.218. The molecular weight excluding hydrogens is 296 g/mol. The van der Waals surface area contributed by atoms with Crippen molar-refractivity contribution >= 4 is 11.9 Å². The van der Waals surface area contributed by atoms with Crippen molar-refractivity contribution in [2.45, 2.75) is 77.4 Å². The minimum Gasteiger partial charge on any atom is -0.481 e. The lowest BCUT2D eigenvalue weighted by Crippen LogP contribution is -2.65. The zero-order chi connectivity index (χ0) is 17.0. The summed E-state index contributed by atoms with van der Waals surface area (Å²) in [6, 6.07) is 0. The highest BCUT2D eigenvalue weighted by Crippen LogP contribution is 2.67. The molecule has 0 aromatic carbocycles. The first-order chi connectivity index (χ1) is 10.6. The van der Waals surface area contributed by atoms with Crippen molar-refractivity contribution in [2.24, 2.45) is 22.7 Å². The molecule has 1 aliphatic heterocycles. The van der Waals surface area contributed by atoms with Gasteiger partial charge in [0.2, 0.25) is 0 Å². The number of hydrogen-bond acceptors (Lipinski definition) is 4. The number of carbonyl (C=O) groups excluding carboxylic acids is 1. The van der Waals surface area contributed by atoms with Gasteiger partial charge in [-0.25, -0.2) is 0 Å². The molecule has 5 heteroatoms. The Morgan fingerprint density at radius 2 is 2.04 bits per heavy atom. The van der Waals surface area contributed by atoms with Crippen LogP contribution >= 0.6 is 0 Å². The standard InChI is InChI=1S/C18H28O5/c1-11-10-12-14-16(2,15(21)23-12)7-5-8-17(14,3)18(11,22)9-4-6-13(19)20/h11-12,14,22H,4-10H2,1-3H3,(H,19,20)/t11-,12-,14+,16+,17+,18-/m1/s1. The average Bonchev–Trinajstić information content (AvgIpc) is 2.69. The van der Waals surface area contributed by atoms with Crippen LogP contribution in [0, 0.1) is 22.7 Å². The normalized spacial score (nSPS) is 48.7. The summed E-state index contributed by atoms with van der Waals surface area (Å²) in [5, 5.41) is 20.5. The SMILES string of the molecule is C[C@@H]1C[C@H]2OC(=O)[C@@]3(C)CCC[C@@](C)([C@@H]23)[C@@]1(O)CCCC(=O)O. The summed E-state index contributed by atoms with van der Waals surface area (Å²) in [7, 11) is 0. The van der Waals surface area contributed by atoms with E-state index in [0.717, 1.165) is 19.3 Å². The smallest absolute Gasteiger partial charge is 0.312 e. The maximum atomic E-state index is 12.5. The van der Waals surface area contributed by atoms with E-state index in [-0.39, 0.29) is 30.3 Å². The molecule has 0 aromatic heterocycles. The third-order valence-corrected chi connectivity index (χ3v) is 7.20. The third kappa shape index (κ3) is 2.15. The Hall–Kier alpha value is -1.10. The predicted octanol–water partition coefficient (Wildman–Crippen LogP) is 2.75. The van der Waals surface area contributed by atoms with Crippen LogP contribution in [0.2, 0.25) is 0 Å². The molecule has 0 amide bonds. The molecule has 6 atom stereocenters. The van der Waals surface area contributed by atoms with Crippen molar-refractivity contribution in [3.8, 4) is 0 Å². The van der Waals surface area contributed by atoms with Gasteiger partial charge in [-0.3, -0.25) is 9.59 Å². The second-order valence-corrected chi connectivity index (χ2v) is 8.42. The molecule has 0 radical (unpaired) electrons. The van der Waals surface area contributed by atoms with E-state index in [4.69, 9.17) is 9.84 Å². The number of carboxylic acid groups (broad SMARTS) is 1. The Kier molecular flexibility index (Phi) is 3.79. The molecule has 3 rings (SSSR count). The topological polar surface area (TPSA) is 83.8 Å². The first kappa shape index (κ1) is 16.7. The monoisotopic (exact) mass is 324 g/mol.